The second-order valence-electron chi connectivity index (χ2n) is 3.81. The molecule has 2 amide bonds. The third-order valence-corrected chi connectivity index (χ3v) is 2.88. The highest BCUT2D eigenvalue weighted by molar-refractivity contribution is 5.90. The van der Waals surface area contributed by atoms with Gasteiger partial charge in [-0.05, 0) is 0 Å². The Kier molecular flexibility index (Phi) is 2.68. The lowest BCUT2D eigenvalue weighted by Crippen LogP contribution is -2.39. The standard InChI is InChI=1S/C11H14N2O3/c1-3-5-12-8-7-16-10(14)9(8)13(6-4-2)11(12)15/h3-4,8-9H,1-2,5-7H2/t8-,9-/m0/s1. The van der Waals surface area contributed by atoms with Crippen molar-refractivity contribution in [1.29, 1.82) is 0 Å². The lowest BCUT2D eigenvalue weighted by atomic mass is 10.1. The molecule has 0 aromatic carbocycles. The van der Waals surface area contributed by atoms with Crippen molar-refractivity contribution < 1.29 is 14.3 Å². The Bertz CT molecular complexity index is 353. The molecule has 2 fully saturated rings. The van der Waals surface area contributed by atoms with Crippen molar-refractivity contribution in [3.8, 4) is 0 Å². The minimum atomic E-state index is -0.481. The van der Waals surface area contributed by atoms with Crippen molar-refractivity contribution >= 4 is 12.0 Å². The predicted molar refractivity (Wildman–Crippen MR) is 57.7 cm³/mol. The topological polar surface area (TPSA) is 49.9 Å². The predicted octanol–water partition coefficient (Wildman–Crippen LogP) is 0.390. The van der Waals surface area contributed by atoms with Gasteiger partial charge in [-0.25, -0.2) is 9.59 Å². The molecule has 2 rings (SSSR count). The Morgan fingerprint density at radius 2 is 1.88 bits per heavy atom. The fraction of sp³-hybridized carbons (Fsp3) is 0.455. The summed E-state index contributed by atoms with van der Waals surface area (Å²) in [5.41, 5.74) is 0. The third-order valence-electron chi connectivity index (χ3n) is 2.88. The number of amides is 2. The van der Waals surface area contributed by atoms with E-state index in [0.29, 0.717) is 13.1 Å². The molecule has 86 valence electrons. The Morgan fingerprint density at radius 3 is 2.50 bits per heavy atom. The first kappa shape index (κ1) is 10.7. The molecule has 2 heterocycles. The van der Waals surface area contributed by atoms with E-state index >= 15 is 0 Å². The van der Waals surface area contributed by atoms with Gasteiger partial charge in [0.25, 0.3) is 0 Å². The molecule has 2 atom stereocenters. The molecule has 2 saturated heterocycles. The van der Waals surface area contributed by atoms with Gasteiger partial charge in [-0.2, -0.15) is 0 Å². The quantitative estimate of drug-likeness (QED) is 0.510. The fourth-order valence-electron chi connectivity index (χ4n) is 2.21. The van der Waals surface area contributed by atoms with Crippen LogP contribution in [0.3, 0.4) is 0 Å². The van der Waals surface area contributed by atoms with Crippen LogP contribution in [0.1, 0.15) is 0 Å². The van der Waals surface area contributed by atoms with Gasteiger partial charge in [0.2, 0.25) is 0 Å². The first-order chi connectivity index (χ1) is 7.70. The highest BCUT2D eigenvalue weighted by atomic mass is 16.5. The van der Waals surface area contributed by atoms with Crippen molar-refractivity contribution in [2.45, 2.75) is 12.1 Å². The maximum atomic E-state index is 12.0. The van der Waals surface area contributed by atoms with E-state index in [2.05, 4.69) is 13.2 Å². The van der Waals surface area contributed by atoms with Gasteiger partial charge in [-0.15, -0.1) is 13.2 Å². The van der Waals surface area contributed by atoms with Gasteiger partial charge in [0.1, 0.15) is 6.61 Å². The Morgan fingerprint density at radius 1 is 1.25 bits per heavy atom. The molecule has 5 nitrogen and oxygen atoms in total. The molecule has 0 aliphatic carbocycles. The zero-order valence-electron chi connectivity index (χ0n) is 8.96. The van der Waals surface area contributed by atoms with Crippen LogP contribution in [0, 0.1) is 0 Å². The molecule has 0 bridgehead atoms. The molecule has 2 aliphatic heterocycles. The van der Waals surface area contributed by atoms with Gasteiger partial charge >= 0.3 is 12.0 Å². The third kappa shape index (κ3) is 1.39. The summed E-state index contributed by atoms with van der Waals surface area (Å²) < 4.78 is 4.98. The molecule has 0 unspecified atom stereocenters. The van der Waals surface area contributed by atoms with Crippen molar-refractivity contribution in [3.63, 3.8) is 0 Å². The normalized spacial score (nSPS) is 28.0. The van der Waals surface area contributed by atoms with E-state index in [1.807, 2.05) is 0 Å². The lowest BCUT2D eigenvalue weighted by Gasteiger charge is -2.19. The van der Waals surface area contributed by atoms with Crippen LogP contribution >= 0.6 is 0 Å². The summed E-state index contributed by atoms with van der Waals surface area (Å²) in [5, 5.41) is 0. The van der Waals surface area contributed by atoms with E-state index in [1.54, 1.807) is 17.1 Å². The van der Waals surface area contributed by atoms with Gasteiger partial charge in [-0.3, -0.25) is 0 Å². The number of carbonyl (C=O) groups is 2. The molecule has 5 heteroatoms. The highest BCUT2D eigenvalue weighted by Crippen LogP contribution is 2.28. The molecule has 0 N–H and O–H groups in total. The monoisotopic (exact) mass is 222 g/mol. The van der Waals surface area contributed by atoms with Crippen molar-refractivity contribution in [3.05, 3.63) is 25.3 Å². The molecule has 0 radical (unpaired) electrons. The Balaban J connectivity index is 2.26. The zero-order valence-corrected chi connectivity index (χ0v) is 8.96. The summed E-state index contributed by atoms with van der Waals surface area (Å²) in [6.07, 6.45) is 3.26. The van der Waals surface area contributed by atoms with E-state index in [0.717, 1.165) is 0 Å². The van der Waals surface area contributed by atoms with Crippen LogP contribution < -0.4 is 0 Å². The maximum absolute atomic E-state index is 12.0. The van der Waals surface area contributed by atoms with Crippen LogP contribution in [-0.2, 0) is 9.53 Å². The van der Waals surface area contributed by atoms with Crippen molar-refractivity contribution in [1.82, 2.24) is 9.80 Å². The number of fused-ring (bicyclic) bond motifs is 1. The number of hydrogen-bond acceptors (Lipinski definition) is 3. The van der Waals surface area contributed by atoms with E-state index in [1.165, 1.54) is 4.90 Å². The van der Waals surface area contributed by atoms with E-state index in [-0.39, 0.29) is 24.6 Å². The van der Waals surface area contributed by atoms with Crippen LogP contribution in [0.15, 0.2) is 25.3 Å². The van der Waals surface area contributed by atoms with E-state index < -0.39 is 6.04 Å². The first-order valence-electron chi connectivity index (χ1n) is 5.16. The second kappa shape index (κ2) is 4.00. The average Bonchev–Trinajstić information content (AvgIpc) is 2.74. The lowest BCUT2D eigenvalue weighted by molar-refractivity contribution is -0.141. The summed E-state index contributed by atoms with van der Waals surface area (Å²) in [7, 11) is 0. The van der Waals surface area contributed by atoms with Gasteiger partial charge < -0.3 is 14.5 Å². The van der Waals surface area contributed by atoms with Crippen LogP contribution in [0.4, 0.5) is 4.79 Å². The van der Waals surface area contributed by atoms with Crippen LogP contribution in [0.5, 0.6) is 0 Å². The first-order valence-corrected chi connectivity index (χ1v) is 5.16. The summed E-state index contributed by atoms with van der Waals surface area (Å²) in [6, 6.07) is -0.810. The van der Waals surface area contributed by atoms with Crippen molar-refractivity contribution in [2.75, 3.05) is 19.7 Å². The number of esters is 1. The van der Waals surface area contributed by atoms with Crippen LogP contribution in [-0.4, -0.2) is 53.6 Å². The molecule has 2 aliphatic rings. The zero-order chi connectivity index (χ0) is 11.7. The van der Waals surface area contributed by atoms with E-state index in [9.17, 15) is 9.59 Å². The number of ether oxygens (including phenoxy) is 1. The van der Waals surface area contributed by atoms with Crippen LogP contribution in [0.2, 0.25) is 0 Å². The fourth-order valence-corrected chi connectivity index (χ4v) is 2.21. The van der Waals surface area contributed by atoms with Gasteiger partial charge in [-0.1, -0.05) is 12.2 Å². The molecule has 0 aromatic rings. The molecule has 16 heavy (non-hydrogen) atoms. The molecular weight excluding hydrogens is 208 g/mol. The Hall–Kier alpha value is -1.78. The number of rotatable bonds is 4. The second-order valence-corrected chi connectivity index (χ2v) is 3.81. The van der Waals surface area contributed by atoms with Gasteiger partial charge in [0, 0.05) is 13.1 Å². The van der Waals surface area contributed by atoms with Gasteiger partial charge in [0.15, 0.2) is 6.04 Å². The van der Waals surface area contributed by atoms with Crippen molar-refractivity contribution in [2.24, 2.45) is 0 Å². The minimum absolute atomic E-state index is 0.147. The average molecular weight is 222 g/mol. The highest BCUT2D eigenvalue weighted by Gasteiger charge is 2.53. The number of cyclic esters (lactones) is 1. The smallest absolute Gasteiger partial charge is 0.331 e. The molecule has 0 aromatic heterocycles. The molecule has 0 spiro atoms. The maximum Gasteiger partial charge on any atom is 0.331 e. The number of carbonyl (C=O) groups excluding carboxylic acids is 2. The molecular formula is C11H14N2O3. The summed E-state index contributed by atoms with van der Waals surface area (Å²) >= 11 is 0. The summed E-state index contributed by atoms with van der Waals surface area (Å²) in [4.78, 5) is 26.6. The number of hydrogen-bond donors (Lipinski definition) is 0. The Labute approximate surface area is 94.0 Å². The van der Waals surface area contributed by atoms with E-state index in [4.69, 9.17) is 4.74 Å². The summed E-state index contributed by atoms with van der Waals surface area (Å²) in [5.74, 6) is -0.327. The summed E-state index contributed by atoms with van der Waals surface area (Å²) in [6.45, 7) is 8.26. The SMILES string of the molecule is C=CCN1C(=O)N(CC=C)[C@H]2COC(=O)[C@H]21. The van der Waals surface area contributed by atoms with Gasteiger partial charge in [0.05, 0.1) is 6.04 Å². The van der Waals surface area contributed by atoms with Crippen LogP contribution in [0.25, 0.3) is 0 Å². The minimum Gasteiger partial charge on any atom is -0.462 e. The molecule has 0 saturated carbocycles. The number of urea groups is 1. The number of nitrogens with zero attached hydrogens (tertiary/aromatic N) is 2. The largest absolute Gasteiger partial charge is 0.462 e.